The Balaban J connectivity index is 3.27. The highest BCUT2D eigenvalue weighted by Crippen LogP contribution is 2.77. The van der Waals surface area contributed by atoms with Crippen molar-refractivity contribution >= 4 is 0 Å². The Morgan fingerprint density at radius 1 is 0.581 bits per heavy atom. The lowest BCUT2D eigenvalue weighted by atomic mass is 9.46. The van der Waals surface area contributed by atoms with Gasteiger partial charge in [0.25, 0.3) is 36.5 Å². The van der Waals surface area contributed by atoms with E-state index in [9.17, 15) is 70.2 Å². The van der Waals surface area contributed by atoms with Crippen LogP contribution in [0.15, 0.2) is 0 Å². The van der Waals surface area contributed by atoms with Crippen molar-refractivity contribution < 1.29 is 79.0 Å². The maximum Gasteiger partial charge on any atom is 0.355 e. The lowest BCUT2D eigenvalue weighted by molar-refractivity contribution is -0.474. The van der Waals surface area contributed by atoms with Gasteiger partial charge in [0.05, 0.1) is 6.42 Å². The SMILES string of the molecule is FC(F)C1(F)CC(F)(F)C(F)(C(F)F)C2(F)C1(F)C(F)C(F)(F)C(F)(F)C2(F)C(F)F. The molecule has 0 amide bonds. The quantitative estimate of drug-likeness (QED) is 0.415. The predicted octanol–water partition coefficient (Wildman–Crippen LogP) is 5.98. The van der Waals surface area contributed by atoms with Crippen LogP contribution >= 0.6 is 0 Å². The Labute approximate surface area is 158 Å². The molecule has 0 aromatic heterocycles. The number of hydrogen-bond donors (Lipinski definition) is 0. The van der Waals surface area contributed by atoms with Gasteiger partial charge in [0, 0.05) is 0 Å². The maximum absolute atomic E-state index is 15.2. The number of alkyl halides is 18. The molecule has 0 bridgehead atoms. The van der Waals surface area contributed by atoms with Gasteiger partial charge < -0.3 is 0 Å². The molecule has 2 aliphatic rings. The van der Waals surface area contributed by atoms with E-state index in [-0.39, 0.29) is 0 Å². The van der Waals surface area contributed by atoms with E-state index >= 15 is 8.78 Å². The van der Waals surface area contributed by atoms with Crippen molar-refractivity contribution in [3.63, 3.8) is 0 Å². The molecule has 184 valence electrons. The third-order valence-corrected chi connectivity index (χ3v) is 5.61. The number of fused-ring (bicyclic) bond motifs is 1. The van der Waals surface area contributed by atoms with E-state index in [1.807, 2.05) is 0 Å². The molecule has 6 unspecified atom stereocenters. The Hall–Kier alpha value is -1.26. The lowest BCUT2D eigenvalue weighted by Gasteiger charge is -2.66. The summed E-state index contributed by atoms with van der Waals surface area (Å²) in [5.41, 5.74) is -37.5. The highest BCUT2D eigenvalue weighted by molar-refractivity contribution is 5.44. The molecule has 0 heterocycles. The molecule has 0 aromatic carbocycles. The number of rotatable bonds is 3. The third-order valence-electron chi connectivity index (χ3n) is 5.61. The first-order valence-corrected chi connectivity index (χ1v) is 7.51. The zero-order chi connectivity index (χ0) is 25.0. The molecule has 2 rings (SSSR count). The van der Waals surface area contributed by atoms with Crippen LogP contribution in [0.3, 0.4) is 0 Å². The Bertz CT molecular complexity index is 736. The highest BCUT2D eigenvalue weighted by Gasteiger charge is 3.07. The average molecular weight is 504 g/mol. The van der Waals surface area contributed by atoms with Crippen molar-refractivity contribution in [3.05, 3.63) is 0 Å². The highest BCUT2D eigenvalue weighted by atomic mass is 19.3. The molecule has 0 spiro atoms. The topological polar surface area (TPSA) is 0 Å². The second-order valence-electron chi connectivity index (χ2n) is 7.00. The predicted molar refractivity (Wildman–Crippen MR) is 61.6 cm³/mol. The van der Waals surface area contributed by atoms with Crippen LogP contribution in [0.4, 0.5) is 79.0 Å². The maximum atomic E-state index is 15.2. The summed E-state index contributed by atoms with van der Waals surface area (Å²) >= 11 is 0. The van der Waals surface area contributed by atoms with Gasteiger partial charge in [0.1, 0.15) is 0 Å². The summed E-state index contributed by atoms with van der Waals surface area (Å²) in [7, 11) is 0. The molecule has 0 aromatic rings. The standard InChI is InChI=1S/C13H6F18/c14-2-8(24)6(21,3(15)16)1-7(22,23)9(25,4(17)18)12(8,29)10(26,5(19)20)13(30,31)11(2,27)28/h2-5H,1H2. The summed E-state index contributed by atoms with van der Waals surface area (Å²) in [6.45, 7) is 0. The van der Waals surface area contributed by atoms with Gasteiger partial charge in [0.15, 0.2) is 0 Å². The van der Waals surface area contributed by atoms with Crippen molar-refractivity contribution in [3.8, 4) is 0 Å². The summed E-state index contributed by atoms with van der Waals surface area (Å²) in [6, 6.07) is 0. The van der Waals surface area contributed by atoms with Crippen LogP contribution < -0.4 is 0 Å². The Morgan fingerprint density at radius 3 is 1.29 bits per heavy atom. The molecule has 31 heavy (non-hydrogen) atoms. The largest absolute Gasteiger partial charge is 0.355 e. The van der Waals surface area contributed by atoms with Crippen LogP contribution in [-0.2, 0) is 0 Å². The van der Waals surface area contributed by atoms with Crippen molar-refractivity contribution in [1.29, 1.82) is 0 Å². The molecule has 2 saturated carbocycles. The summed E-state index contributed by atoms with van der Waals surface area (Å²) in [5, 5.41) is 0. The number of halogens is 18. The van der Waals surface area contributed by atoms with Gasteiger partial charge in [-0.1, -0.05) is 0 Å². The smallest absolute Gasteiger partial charge is 0.237 e. The first-order valence-electron chi connectivity index (χ1n) is 7.51. The minimum Gasteiger partial charge on any atom is -0.237 e. The lowest BCUT2D eigenvalue weighted by Crippen LogP contribution is -2.97. The molecular formula is C13H6F18. The van der Waals surface area contributed by atoms with Crippen molar-refractivity contribution in [2.45, 2.75) is 78.0 Å². The Kier molecular flexibility index (Phi) is 5.20. The van der Waals surface area contributed by atoms with Crippen LogP contribution in [0.5, 0.6) is 0 Å². The molecule has 0 aliphatic heterocycles. The Morgan fingerprint density at radius 2 is 0.968 bits per heavy atom. The summed E-state index contributed by atoms with van der Waals surface area (Å²) < 4.78 is 249. The third kappa shape index (κ3) is 2.15. The van der Waals surface area contributed by atoms with Gasteiger partial charge in [-0.2, -0.15) is 17.6 Å². The summed E-state index contributed by atoms with van der Waals surface area (Å²) in [6.07, 6.45) is -28.7. The molecule has 18 heteroatoms. The fraction of sp³-hybridized carbons (Fsp3) is 1.00. The normalized spacial score (nSPS) is 48.9. The van der Waals surface area contributed by atoms with Gasteiger partial charge in [0.2, 0.25) is 23.2 Å². The van der Waals surface area contributed by atoms with E-state index in [0.29, 0.717) is 0 Å². The van der Waals surface area contributed by atoms with Crippen LogP contribution in [0.25, 0.3) is 0 Å². The van der Waals surface area contributed by atoms with Crippen LogP contribution in [0, 0.1) is 0 Å². The van der Waals surface area contributed by atoms with Crippen molar-refractivity contribution in [2.75, 3.05) is 0 Å². The summed E-state index contributed by atoms with van der Waals surface area (Å²) in [5.74, 6) is -22.2. The fourth-order valence-corrected chi connectivity index (χ4v) is 4.00. The van der Waals surface area contributed by atoms with E-state index in [0.717, 1.165) is 0 Å². The molecule has 0 N–H and O–H groups in total. The molecule has 6 atom stereocenters. The van der Waals surface area contributed by atoms with Gasteiger partial charge in [-0.3, -0.25) is 0 Å². The first-order chi connectivity index (χ1) is 13.4. The molecule has 0 radical (unpaired) electrons. The van der Waals surface area contributed by atoms with E-state index < -0.39 is 78.0 Å². The van der Waals surface area contributed by atoms with E-state index in [2.05, 4.69) is 0 Å². The van der Waals surface area contributed by atoms with Crippen LogP contribution in [0.1, 0.15) is 6.42 Å². The van der Waals surface area contributed by atoms with E-state index in [1.165, 1.54) is 0 Å². The fourth-order valence-electron chi connectivity index (χ4n) is 4.00. The zero-order valence-electron chi connectivity index (χ0n) is 13.8. The number of hydrogen-bond acceptors (Lipinski definition) is 0. The molecule has 2 aliphatic carbocycles. The average Bonchev–Trinajstić information content (AvgIpc) is 2.60. The van der Waals surface area contributed by atoms with Crippen molar-refractivity contribution in [1.82, 2.24) is 0 Å². The monoisotopic (exact) mass is 504 g/mol. The van der Waals surface area contributed by atoms with Gasteiger partial charge in [-0.05, 0) is 0 Å². The van der Waals surface area contributed by atoms with Crippen molar-refractivity contribution in [2.24, 2.45) is 0 Å². The zero-order valence-corrected chi connectivity index (χ0v) is 13.8. The molecule has 2 fully saturated rings. The van der Waals surface area contributed by atoms with Gasteiger partial charge >= 0.3 is 11.8 Å². The summed E-state index contributed by atoms with van der Waals surface area (Å²) in [4.78, 5) is 0. The molecular weight excluding hydrogens is 498 g/mol. The van der Waals surface area contributed by atoms with Gasteiger partial charge in [-0.15, -0.1) is 0 Å². The second-order valence-corrected chi connectivity index (χ2v) is 7.00. The first kappa shape index (κ1) is 26.0. The minimum atomic E-state index is -8.03. The van der Waals surface area contributed by atoms with E-state index in [1.54, 1.807) is 0 Å². The van der Waals surface area contributed by atoms with Crippen LogP contribution in [0.2, 0.25) is 0 Å². The molecule has 0 saturated heterocycles. The minimum absolute atomic E-state index is 4.14. The molecule has 0 nitrogen and oxygen atoms in total. The van der Waals surface area contributed by atoms with Gasteiger partial charge in [-0.25, -0.2) is 61.5 Å². The second kappa shape index (κ2) is 6.20. The van der Waals surface area contributed by atoms with E-state index in [4.69, 9.17) is 0 Å². The van der Waals surface area contributed by atoms with Crippen LogP contribution in [-0.4, -0.2) is 71.6 Å².